The number of hydrazine groups is 1. The minimum absolute atomic E-state index is 0.0733. The summed E-state index contributed by atoms with van der Waals surface area (Å²) < 4.78 is 0. The van der Waals surface area contributed by atoms with Gasteiger partial charge in [0.15, 0.2) is 0 Å². The number of aromatic amines is 1. The van der Waals surface area contributed by atoms with Gasteiger partial charge in [-0.1, -0.05) is 6.92 Å². The minimum Gasteiger partial charge on any atom is -0.325 e. The van der Waals surface area contributed by atoms with E-state index in [2.05, 4.69) is 16.8 Å². The number of hydrogen-bond donors (Lipinski definition) is 3. The van der Waals surface area contributed by atoms with Crippen LogP contribution in [0.15, 0.2) is 10.9 Å². The summed E-state index contributed by atoms with van der Waals surface area (Å²) in [6.45, 7) is 4.73. The molecule has 2 heterocycles. The molecule has 0 bridgehead atoms. The van der Waals surface area contributed by atoms with Crippen molar-refractivity contribution in [2.45, 2.75) is 19.9 Å². The number of carbonyl (C=O) groups excluding carboxylic acids is 1. The lowest BCUT2D eigenvalue weighted by atomic mass is 10.0. The summed E-state index contributed by atoms with van der Waals surface area (Å²) in [4.78, 5) is 28.1. The van der Waals surface area contributed by atoms with Crippen LogP contribution >= 0.6 is 0 Å². The van der Waals surface area contributed by atoms with Gasteiger partial charge in [-0.25, -0.2) is 5.84 Å². The summed E-state index contributed by atoms with van der Waals surface area (Å²) in [5.74, 6) is 4.49. The lowest BCUT2D eigenvalue weighted by molar-refractivity contribution is 0.0951. The first-order chi connectivity index (χ1) is 8.15. The summed E-state index contributed by atoms with van der Waals surface area (Å²) in [7, 11) is 0. The van der Waals surface area contributed by atoms with Crippen molar-refractivity contribution in [3.8, 4) is 0 Å². The van der Waals surface area contributed by atoms with Crippen LogP contribution in [-0.2, 0) is 13.0 Å². The lowest BCUT2D eigenvalue weighted by Gasteiger charge is -2.27. The van der Waals surface area contributed by atoms with E-state index < -0.39 is 5.91 Å². The molecule has 1 aliphatic heterocycles. The molecule has 1 aromatic rings. The second kappa shape index (κ2) is 4.68. The van der Waals surface area contributed by atoms with Crippen LogP contribution in [-0.4, -0.2) is 28.9 Å². The molecule has 4 N–H and O–H groups in total. The van der Waals surface area contributed by atoms with E-state index >= 15 is 0 Å². The highest BCUT2D eigenvalue weighted by Crippen LogP contribution is 2.16. The first-order valence-corrected chi connectivity index (χ1v) is 5.64. The smallest absolute Gasteiger partial charge is 0.270 e. The Balaban J connectivity index is 2.41. The molecular formula is C11H16N4O2. The summed E-state index contributed by atoms with van der Waals surface area (Å²) in [5.41, 5.74) is 3.60. The topological polar surface area (TPSA) is 91.2 Å². The van der Waals surface area contributed by atoms with Gasteiger partial charge in [0, 0.05) is 25.2 Å². The van der Waals surface area contributed by atoms with Crippen LogP contribution in [0, 0.1) is 0 Å². The normalized spacial score (nSPS) is 15.4. The average molecular weight is 236 g/mol. The summed E-state index contributed by atoms with van der Waals surface area (Å²) in [6.07, 6.45) is 0.808. The van der Waals surface area contributed by atoms with Crippen LogP contribution in [0.2, 0.25) is 0 Å². The highest BCUT2D eigenvalue weighted by molar-refractivity contribution is 5.93. The largest absolute Gasteiger partial charge is 0.325 e. The standard InChI is InChI=1S/C11H16N4O2/c1-2-15-4-3-9-7(6-15)5-8(10(16)13-9)11(17)14-12/h5H,2-4,6,12H2,1H3,(H,13,16)(H,14,17). The maximum atomic E-state index is 11.7. The fourth-order valence-corrected chi connectivity index (χ4v) is 2.08. The van der Waals surface area contributed by atoms with Crippen LogP contribution < -0.4 is 16.8 Å². The second-order valence-electron chi connectivity index (χ2n) is 4.11. The Kier molecular flexibility index (Phi) is 3.26. The first-order valence-electron chi connectivity index (χ1n) is 5.64. The molecule has 0 spiro atoms. The molecule has 0 saturated heterocycles. The molecule has 2 rings (SSSR count). The van der Waals surface area contributed by atoms with E-state index in [4.69, 9.17) is 5.84 Å². The third-order valence-electron chi connectivity index (χ3n) is 3.11. The van der Waals surface area contributed by atoms with Gasteiger partial charge < -0.3 is 4.98 Å². The number of rotatable bonds is 2. The molecule has 0 aliphatic carbocycles. The van der Waals surface area contributed by atoms with E-state index in [1.165, 1.54) is 0 Å². The van der Waals surface area contributed by atoms with Crippen molar-refractivity contribution >= 4 is 5.91 Å². The van der Waals surface area contributed by atoms with E-state index in [1.54, 1.807) is 6.07 Å². The van der Waals surface area contributed by atoms with E-state index in [-0.39, 0.29) is 11.1 Å². The SMILES string of the molecule is CCN1CCc2[nH]c(=O)c(C(=O)NN)cc2C1. The quantitative estimate of drug-likeness (QED) is 0.362. The third-order valence-corrected chi connectivity index (χ3v) is 3.11. The Morgan fingerprint density at radius 3 is 3.06 bits per heavy atom. The van der Waals surface area contributed by atoms with Crippen LogP contribution in [0.25, 0.3) is 0 Å². The molecular weight excluding hydrogens is 220 g/mol. The Labute approximate surface area is 98.8 Å². The van der Waals surface area contributed by atoms with Gasteiger partial charge in [0.2, 0.25) is 0 Å². The van der Waals surface area contributed by atoms with E-state index in [0.29, 0.717) is 0 Å². The monoisotopic (exact) mass is 236 g/mol. The van der Waals surface area contributed by atoms with Crippen molar-refractivity contribution < 1.29 is 4.79 Å². The summed E-state index contributed by atoms with van der Waals surface area (Å²) in [5, 5.41) is 0. The minimum atomic E-state index is -0.553. The van der Waals surface area contributed by atoms with Crippen molar-refractivity contribution in [3.05, 3.63) is 33.2 Å². The maximum absolute atomic E-state index is 11.7. The number of H-pyrrole nitrogens is 1. The van der Waals surface area contributed by atoms with Crippen LogP contribution in [0.3, 0.4) is 0 Å². The molecule has 0 saturated carbocycles. The number of nitrogens with two attached hydrogens (primary N) is 1. The molecule has 0 aromatic carbocycles. The van der Waals surface area contributed by atoms with Gasteiger partial charge in [-0.3, -0.25) is 19.9 Å². The molecule has 17 heavy (non-hydrogen) atoms. The number of nitrogens with zero attached hydrogens (tertiary/aromatic N) is 1. The lowest BCUT2D eigenvalue weighted by Crippen LogP contribution is -2.37. The Hall–Kier alpha value is -1.66. The van der Waals surface area contributed by atoms with Gasteiger partial charge in [-0.05, 0) is 18.2 Å². The van der Waals surface area contributed by atoms with Crippen molar-refractivity contribution in [1.82, 2.24) is 15.3 Å². The zero-order valence-corrected chi connectivity index (χ0v) is 9.75. The fraction of sp³-hybridized carbons (Fsp3) is 0.455. The number of nitrogens with one attached hydrogen (secondary N) is 2. The zero-order chi connectivity index (χ0) is 12.4. The highest BCUT2D eigenvalue weighted by Gasteiger charge is 2.19. The van der Waals surface area contributed by atoms with Crippen molar-refractivity contribution in [1.29, 1.82) is 0 Å². The molecule has 1 amide bonds. The molecule has 92 valence electrons. The van der Waals surface area contributed by atoms with Gasteiger partial charge in [0.05, 0.1) is 0 Å². The number of nitrogen functional groups attached to an aromatic ring is 1. The Morgan fingerprint density at radius 2 is 2.41 bits per heavy atom. The maximum Gasteiger partial charge on any atom is 0.270 e. The van der Waals surface area contributed by atoms with Gasteiger partial charge in [0.1, 0.15) is 5.56 Å². The number of likely N-dealkylation sites (N-methyl/N-ethyl adjacent to an activating group) is 1. The van der Waals surface area contributed by atoms with Gasteiger partial charge in [-0.2, -0.15) is 0 Å². The van der Waals surface area contributed by atoms with Crippen molar-refractivity contribution in [2.75, 3.05) is 13.1 Å². The van der Waals surface area contributed by atoms with Crippen LogP contribution in [0.1, 0.15) is 28.5 Å². The molecule has 0 fully saturated rings. The number of aromatic nitrogens is 1. The number of fused-ring (bicyclic) bond motifs is 1. The number of pyridine rings is 1. The molecule has 1 aromatic heterocycles. The first kappa shape index (κ1) is 11.8. The second-order valence-corrected chi connectivity index (χ2v) is 4.11. The van der Waals surface area contributed by atoms with Gasteiger partial charge >= 0.3 is 0 Å². The van der Waals surface area contributed by atoms with E-state index in [9.17, 15) is 9.59 Å². The molecule has 0 unspecified atom stereocenters. The third kappa shape index (κ3) is 2.22. The Morgan fingerprint density at radius 1 is 1.65 bits per heavy atom. The number of hydrogen-bond acceptors (Lipinski definition) is 4. The average Bonchev–Trinajstić information content (AvgIpc) is 2.36. The molecule has 1 aliphatic rings. The highest BCUT2D eigenvalue weighted by atomic mass is 16.2. The summed E-state index contributed by atoms with van der Waals surface area (Å²) in [6, 6.07) is 1.64. The van der Waals surface area contributed by atoms with Crippen molar-refractivity contribution in [3.63, 3.8) is 0 Å². The van der Waals surface area contributed by atoms with Gasteiger partial charge in [0.25, 0.3) is 11.5 Å². The number of carbonyl (C=O) groups is 1. The summed E-state index contributed by atoms with van der Waals surface area (Å²) >= 11 is 0. The van der Waals surface area contributed by atoms with Gasteiger partial charge in [-0.15, -0.1) is 0 Å². The van der Waals surface area contributed by atoms with Crippen LogP contribution in [0.4, 0.5) is 0 Å². The molecule has 6 heteroatoms. The predicted octanol–water partition coefficient (Wildman–Crippen LogP) is -0.644. The fourth-order valence-electron chi connectivity index (χ4n) is 2.08. The van der Waals surface area contributed by atoms with Crippen LogP contribution in [0.5, 0.6) is 0 Å². The Bertz CT molecular complexity index is 495. The molecule has 6 nitrogen and oxygen atoms in total. The zero-order valence-electron chi connectivity index (χ0n) is 9.75. The molecule has 0 radical (unpaired) electrons. The molecule has 0 atom stereocenters. The van der Waals surface area contributed by atoms with E-state index in [0.717, 1.165) is 37.3 Å². The number of amides is 1. The van der Waals surface area contributed by atoms with Crippen molar-refractivity contribution in [2.24, 2.45) is 5.84 Å². The predicted molar refractivity (Wildman–Crippen MR) is 63.4 cm³/mol. The van der Waals surface area contributed by atoms with E-state index in [1.807, 2.05) is 5.43 Å².